The summed E-state index contributed by atoms with van der Waals surface area (Å²) < 4.78 is 0. The molecule has 2 aromatic carbocycles. The van der Waals surface area contributed by atoms with Crippen molar-refractivity contribution in [3.63, 3.8) is 0 Å². The quantitative estimate of drug-likeness (QED) is 0.537. The lowest BCUT2D eigenvalue weighted by molar-refractivity contribution is -0.139. The number of rotatable bonds is 7. The van der Waals surface area contributed by atoms with Crippen molar-refractivity contribution in [1.82, 2.24) is 10.9 Å². The van der Waals surface area contributed by atoms with Gasteiger partial charge >= 0.3 is 5.97 Å². The Balaban J connectivity index is 1.95. The monoisotopic (exact) mass is 332 g/mol. The Hall–Kier alpha value is -2.37. The van der Waals surface area contributed by atoms with Crippen LogP contribution < -0.4 is 10.9 Å². The Bertz CT molecular complexity index is 659. The van der Waals surface area contributed by atoms with Gasteiger partial charge in [0.25, 0.3) is 5.91 Å². The van der Waals surface area contributed by atoms with Crippen LogP contribution in [0.25, 0.3) is 0 Å². The fourth-order valence-electron chi connectivity index (χ4n) is 2.02. The van der Waals surface area contributed by atoms with Gasteiger partial charge in [0.2, 0.25) is 0 Å². The van der Waals surface area contributed by atoms with Crippen molar-refractivity contribution >= 4 is 23.5 Å². The minimum atomic E-state index is -1.04. The molecule has 5 nitrogen and oxygen atoms in total. The molecule has 0 unspecified atom stereocenters. The molecule has 0 saturated heterocycles. The molecule has 120 valence electrons. The van der Waals surface area contributed by atoms with Crippen LogP contribution in [-0.2, 0) is 17.1 Å². The Kier molecular flexibility index (Phi) is 6.14. The number of carboxylic acids is 1. The summed E-state index contributed by atoms with van der Waals surface area (Å²) in [5.74, 6) is -1.06. The highest BCUT2D eigenvalue weighted by atomic mass is 35.5. The predicted octanol–water partition coefficient (Wildman–Crippen LogP) is 2.36. The zero-order valence-corrected chi connectivity index (χ0v) is 13.1. The molecule has 1 atom stereocenters. The van der Waals surface area contributed by atoms with Crippen LogP contribution in [0.15, 0.2) is 54.6 Å². The van der Waals surface area contributed by atoms with Gasteiger partial charge in [-0.15, -0.1) is 11.6 Å². The minimum Gasteiger partial charge on any atom is -0.480 e. The van der Waals surface area contributed by atoms with Gasteiger partial charge < -0.3 is 5.11 Å². The van der Waals surface area contributed by atoms with Crippen LogP contribution in [0, 0.1) is 0 Å². The van der Waals surface area contributed by atoms with Gasteiger partial charge in [0, 0.05) is 17.9 Å². The molecule has 6 heteroatoms. The number of benzene rings is 2. The lowest BCUT2D eigenvalue weighted by Gasteiger charge is -2.15. The van der Waals surface area contributed by atoms with E-state index in [1.54, 1.807) is 24.3 Å². The number of hydrazine groups is 1. The van der Waals surface area contributed by atoms with Gasteiger partial charge in [-0.3, -0.25) is 15.0 Å². The maximum atomic E-state index is 12.0. The lowest BCUT2D eigenvalue weighted by Crippen LogP contribution is -2.49. The first kappa shape index (κ1) is 17.0. The molecule has 0 fully saturated rings. The van der Waals surface area contributed by atoms with E-state index < -0.39 is 17.9 Å². The molecular formula is C17H17ClN2O3. The minimum absolute atomic E-state index is 0.266. The second-order valence-electron chi connectivity index (χ2n) is 5.01. The number of hydrogen-bond donors (Lipinski definition) is 3. The molecule has 0 heterocycles. The van der Waals surface area contributed by atoms with Gasteiger partial charge in [-0.2, -0.15) is 0 Å². The summed E-state index contributed by atoms with van der Waals surface area (Å²) in [5, 5.41) is 9.26. The number of alkyl halides is 1. The van der Waals surface area contributed by atoms with Crippen LogP contribution in [0.3, 0.4) is 0 Å². The normalized spacial score (nSPS) is 11.7. The molecule has 0 aliphatic carbocycles. The van der Waals surface area contributed by atoms with Crippen LogP contribution in [0.5, 0.6) is 0 Å². The van der Waals surface area contributed by atoms with Gasteiger partial charge in [-0.25, -0.2) is 5.43 Å². The molecule has 0 aromatic heterocycles. The van der Waals surface area contributed by atoms with Crippen molar-refractivity contribution in [2.75, 3.05) is 0 Å². The first-order valence-electron chi connectivity index (χ1n) is 7.07. The van der Waals surface area contributed by atoms with E-state index in [0.717, 1.165) is 11.1 Å². The molecule has 0 aliphatic rings. The SMILES string of the molecule is O=C(NN[C@@H](Cc1ccccc1)C(=O)O)c1ccc(CCl)cc1. The molecule has 3 N–H and O–H groups in total. The fraction of sp³-hybridized carbons (Fsp3) is 0.176. The average Bonchev–Trinajstić information content (AvgIpc) is 2.59. The number of aliphatic carboxylic acids is 1. The van der Waals surface area contributed by atoms with Gasteiger partial charge in [-0.1, -0.05) is 42.5 Å². The van der Waals surface area contributed by atoms with Crippen molar-refractivity contribution in [2.24, 2.45) is 0 Å². The Labute approximate surface area is 139 Å². The van der Waals surface area contributed by atoms with Gasteiger partial charge in [0.15, 0.2) is 0 Å². The lowest BCUT2D eigenvalue weighted by atomic mass is 10.1. The molecule has 0 radical (unpaired) electrons. The molecule has 23 heavy (non-hydrogen) atoms. The van der Waals surface area contributed by atoms with E-state index in [0.29, 0.717) is 11.4 Å². The van der Waals surface area contributed by atoms with Crippen molar-refractivity contribution in [1.29, 1.82) is 0 Å². The standard InChI is InChI=1S/C17H17ClN2O3/c18-11-13-6-8-14(9-7-13)16(21)20-19-15(17(22)23)10-12-4-2-1-3-5-12/h1-9,15,19H,10-11H2,(H,20,21)(H,22,23)/t15-/m0/s1. The fourth-order valence-corrected chi connectivity index (χ4v) is 2.20. The zero-order valence-electron chi connectivity index (χ0n) is 12.3. The van der Waals surface area contributed by atoms with Crippen LogP contribution in [0.2, 0.25) is 0 Å². The first-order chi connectivity index (χ1) is 11.1. The summed E-state index contributed by atoms with van der Waals surface area (Å²) in [6.07, 6.45) is 0.266. The Morgan fingerprint density at radius 2 is 1.65 bits per heavy atom. The second-order valence-corrected chi connectivity index (χ2v) is 5.28. The van der Waals surface area contributed by atoms with E-state index in [-0.39, 0.29) is 6.42 Å². The van der Waals surface area contributed by atoms with Crippen LogP contribution >= 0.6 is 11.6 Å². The average molecular weight is 333 g/mol. The number of nitrogens with one attached hydrogen (secondary N) is 2. The molecule has 2 rings (SSSR count). The largest absolute Gasteiger partial charge is 0.480 e. The van der Waals surface area contributed by atoms with Crippen LogP contribution in [0.4, 0.5) is 0 Å². The van der Waals surface area contributed by atoms with E-state index in [2.05, 4.69) is 10.9 Å². The summed E-state index contributed by atoms with van der Waals surface area (Å²) in [5.41, 5.74) is 7.21. The van der Waals surface area contributed by atoms with Crippen molar-refractivity contribution < 1.29 is 14.7 Å². The van der Waals surface area contributed by atoms with E-state index in [9.17, 15) is 14.7 Å². The van der Waals surface area contributed by atoms with E-state index in [1.807, 2.05) is 30.3 Å². The third-order valence-corrected chi connectivity index (χ3v) is 3.62. The number of carbonyl (C=O) groups is 2. The maximum Gasteiger partial charge on any atom is 0.322 e. The number of carbonyl (C=O) groups excluding carboxylic acids is 1. The number of carboxylic acid groups (broad SMARTS) is 1. The van der Waals surface area contributed by atoms with Gasteiger partial charge in [-0.05, 0) is 23.3 Å². The molecule has 0 bridgehead atoms. The van der Waals surface area contributed by atoms with Crippen LogP contribution in [0.1, 0.15) is 21.5 Å². The van der Waals surface area contributed by atoms with Crippen LogP contribution in [-0.4, -0.2) is 23.0 Å². The van der Waals surface area contributed by atoms with Gasteiger partial charge in [0.1, 0.15) is 6.04 Å². The molecule has 0 saturated carbocycles. The summed E-state index contributed by atoms with van der Waals surface area (Å²) in [7, 11) is 0. The highest BCUT2D eigenvalue weighted by molar-refractivity contribution is 6.17. The zero-order chi connectivity index (χ0) is 16.7. The summed E-state index contributed by atoms with van der Waals surface area (Å²) in [4.78, 5) is 23.3. The maximum absolute atomic E-state index is 12.0. The molecule has 0 spiro atoms. The predicted molar refractivity (Wildman–Crippen MR) is 88.2 cm³/mol. The number of amides is 1. The van der Waals surface area contributed by atoms with Crippen molar-refractivity contribution in [3.05, 3.63) is 71.3 Å². The summed E-state index contributed by atoms with van der Waals surface area (Å²) in [6.45, 7) is 0. The third kappa shape index (κ3) is 5.09. The highest BCUT2D eigenvalue weighted by Crippen LogP contribution is 2.07. The summed E-state index contributed by atoms with van der Waals surface area (Å²) >= 11 is 5.70. The highest BCUT2D eigenvalue weighted by Gasteiger charge is 2.18. The Morgan fingerprint density at radius 1 is 1.00 bits per heavy atom. The number of halogens is 1. The van der Waals surface area contributed by atoms with Crippen molar-refractivity contribution in [2.45, 2.75) is 18.3 Å². The summed E-state index contributed by atoms with van der Waals surface area (Å²) in [6, 6.07) is 15.1. The molecule has 0 aliphatic heterocycles. The Morgan fingerprint density at radius 3 is 2.22 bits per heavy atom. The van der Waals surface area contributed by atoms with E-state index in [1.165, 1.54) is 0 Å². The third-order valence-electron chi connectivity index (χ3n) is 3.31. The van der Waals surface area contributed by atoms with E-state index in [4.69, 9.17) is 11.6 Å². The molecule has 1 amide bonds. The first-order valence-corrected chi connectivity index (χ1v) is 7.61. The second kappa shape index (κ2) is 8.31. The topological polar surface area (TPSA) is 78.4 Å². The molecular weight excluding hydrogens is 316 g/mol. The molecule has 2 aromatic rings. The van der Waals surface area contributed by atoms with Crippen molar-refractivity contribution in [3.8, 4) is 0 Å². The number of hydrogen-bond acceptors (Lipinski definition) is 3. The smallest absolute Gasteiger partial charge is 0.322 e. The van der Waals surface area contributed by atoms with E-state index >= 15 is 0 Å². The van der Waals surface area contributed by atoms with Gasteiger partial charge in [0.05, 0.1) is 0 Å².